The summed E-state index contributed by atoms with van der Waals surface area (Å²) in [5.41, 5.74) is 1.39. The van der Waals surface area contributed by atoms with Gasteiger partial charge in [-0.2, -0.15) is 0 Å². The molecule has 0 fully saturated rings. The lowest BCUT2D eigenvalue weighted by Gasteiger charge is -2.10. The van der Waals surface area contributed by atoms with Crippen LogP contribution in [-0.4, -0.2) is 16.9 Å². The molecule has 3 aromatic carbocycles. The van der Waals surface area contributed by atoms with Crippen LogP contribution in [0.4, 0.5) is 27.5 Å². The van der Waals surface area contributed by atoms with E-state index in [0.717, 1.165) is 0 Å². The van der Waals surface area contributed by atoms with Gasteiger partial charge >= 0.3 is 6.03 Å². The third-order valence-corrected chi connectivity index (χ3v) is 3.84. The fourth-order valence-corrected chi connectivity index (χ4v) is 2.54. The van der Waals surface area contributed by atoms with Crippen LogP contribution in [0.1, 0.15) is 6.92 Å². The zero-order chi connectivity index (χ0) is 21.5. The highest BCUT2D eigenvalue weighted by molar-refractivity contribution is 5.99. The molecule has 9 nitrogen and oxygen atoms in total. The fourth-order valence-electron chi connectivity index (χ4n) is 2.54. The van der Waals surface area contributed by atoms with Crippen molar-refractivity contribution in [3.63, 3.8) is 0 Å². The van der Waals surface area contributed by atoms with E-state index in [2.05, 4.69) is 16.0 Å². The van der Waals surface area contributed by atoms with Crippen LogP contribution in [0.2, 0.25) is 0 Å². The molecule has 3 aromatic rings. The van der Waals surface area contributed by atoms with E-state index in [9.17, 15) is 19.7 Å². The first-order valence-electron chi connectivity index (χ1n) is 8.87. The van der Waals surface area contributed by atoms with Gasteiger partial charge in [-0.25, -0.2) is 4.79 Å². The number of carbonyl (C=O) groups is 2. The van der Waals surface area contributed by atoms with Gasteiger partial charge in [0, 0.05) is 36.1 Å². The van der Waals surface area contributed by atoms with E-state index in [1.807, 2.05) is 0 Å². The number of hydrogen-bond donors (Lipinski definition) is 3. The number of benzene rings is 3. The second-order valence-electron chi connectivity index (χ2n) is 6.22. The molecule has 0 aliphatic rings. The third-order valence-electron chi connectivity index (χ3n) is 3.84. The average molecular weight is 406 g/mol. The van der Waals surface area contributed by atoms with E-state index >= 15 is 0 Å². The Hall–Kier alpha value is -4.40. The van der Waals surface area contributed by atoms with Crippen molar-refractivity contribution >= 4 is 34.7 Å². The van der Waals surface area contributed by atoms with Crippen LogP contribution in [0.3, 0.4) is 0 Å². The Morgan fingerprint density at radius 1 is 0.800 bits per heavy atom. The minimum atomic E-state index is -0.533. The SMILES string of the molecule is CC(=O)Nc1ccc(Oc2ccc(NC(=O)Nc3cccc([N+](=O)[O-])c3)cc2)cc1. The van der Waals surface area contributed by atoms with Gasteiger partial charge in [0.15, 0.2) is 0 Å². The zero-order valence-electron chi connectivity index (χ0n) is 15.9. The number of nitro benzene ring substituents is 1. The van der Waals surface area contributed by atoms with Crippen molar-refractivity contribution in [2.75, 3.05) is 16.0 Å². The molecule has 30 heavy (non-hydrogen) atoms. The zero-order valence-corrected chi connectivity index (χ0v) is 15.9. The van der Waals surface area contributed by atoms with E-state index in [1.54, 1.807) is 54.6 Å². The van der Waals surface area contributed by atoms with Crippen LogP contribution in [0.15, 0.2) is 72.8 Å². The number of non-ortho nitro benzene ring substituents is 1. The smallest absolute Gasteiger partial charge is 0.323 e. The van der Waals surface area contributed by atoms with Gasteiger partial charge in [0.1, 0.15) is 11.5 Å². The molecule has 0 aliphatic heterocycles. The standard InChI is InChI=1S/C21H18N4O5/c1-14(26)22-15-5-9-19(10-6-15)30-20-11-7-16(8-12-20)23-21(27)24-17-3-2-4-18(13-17)25(28)29/h2-13H,1H3,(H,22,26)(H2,23,24,27). The quantitative estimate of drug-likeness (QED) is 0.393. The maximum Gasteiger partial charge on any atom is 0.323 e. The van der Waals surface area contributed by atoms with Crippen LogP contribution in [0.25, 0.3) is 0 Å². The van der Waals surface area contributed by atoms with Crippen molar-refractivity contribution in [3.8, 4) is 11.5 Å². The van der Waals surface area contributed by atoms with Gasteiger partial charge in [-0.15, -0.1) is 0 Å². The summed E-state index contributed by atoms with van der Waals surface area (Å²) in [6.07, 6.45) is 0. The summed E-state index contributed by atoms with van der Waals surface area (Å²) in [6.45, 7) is 1.43. The lowest BCUT2D eigenvalue weighted by Crippen LogP contribution is -2.19. The number of ether oxygens (including phenoxy) is 1. The van der Waals surface area contributed by atoms with Crippen LogP contribution >= 0.6 is 0 Å². The molecule has 0 unspecified atom stereocenters. The second kappa shape index (κ2) is 9.20. The van der Waals surface area contributed by atoms with Crippen molar-refractivity contribution < 1.29 is 19.2 Å². The molecular formula is C21H18N4O5. The van der Waals surface area contributed by atoms with E-state index in [0.29, 0.717) is 28.6 Å². The van der Waals surface area contributed by atoms with Crippen molar-refractivity contribution in [2.24, 2.45) is 0 Å². The number of nitrogens with one attached hydrogen (secondary N) is 3. The molecular weight excluding hydrogens is 388 g/mol. The molecule has 0 aliphatic carbocycles. The van der Waals surface area contributed by atoms with Gasteiger partial charge < -0.3 is 20.7 Å². The lowest BCUT2D eigenvalue weighted by molar-refractivity contribution is -0.384. The van der Waals surface area contributed by atoms with E-state index < -0.39 is 11.0 Å². The lowest BCUT2D eigenvalue weighted by atomic mass is 10.2. The molecule has 0 aromatic heterocycles. The van der Waals surface area contributed by atoms with E-state index in [1.165, 1.54) is 25.1 Å². The number of amides is 3. The topological polar surface area (TPSA) is 123 Å². The highest BCUT2D eigenvalue weighted by atomic mass is 16.6. The minimum absolute atomic E-state index is 0.112. The Morgan fingerprint density at radius 3 is 1.87 bits per heavy atom. The predicted octanol–water partition coefficient (Wildman–Crippen LogP) is 4.99. The summed E-state index contributed by atoms with van der Waals surface area (Å²) in [5, 5.41) is 18.7. The first kappa shape index (κ1) is 20.3. The summed E-state index contributed by atoms with van der Waals surface area (Å²) in [5.74, 6) is 1.00. The second-order valence-corrected chi connectivity index (χ2v) is 6.22. The number of anilines is 3. The summed E-state index contributed by atoms with van der Waals surface area (Å²) in [7, 11) is 0. The van der Waals surface area contributed by atoms with Gasteiger partial charge in [-0.1, -0.05) is 6.07 Å². The first-order chi connectivity index (χ1) is 14.4. The summed E-state index contributed by atoms with van der Waals surface area (Å²) in [4.78, 5) is 33.4. The number of urea groups is 1. The van der Waals surface area contributed by atoms with Crippen molar-refractivity contribution in [3.05, 3.63) is 82.9 Å². The molecule has 0 radical (unpaired) electrons. The molecule has 0 bridgehead atoms. The molecule has 3 amide bonds. The Labute approximate surface area is 171 Å². The number of hydrogen-bond acceptors (Lipinski definition) is 5. The van der Waals surface area contributed by atoms with E-state index in [4.69, 9.17) is 4.74 Å². The minimum Gasteiger partial charge on any atom is -0.457 e. The Morgan fingerprint density at radius 2 is 1.33 bits per heavy atom. The fraction of sp³-hybridized carbons (Fsp3) is 0.0476. The number of carbonyl (C=O) groups excluding carboxylic acids is 2. The number of rotatable bonds is 6. The van der Waals surface area contributed by atoms with Gasteiger partial charge in [0.2, 0.25) is 5.91 Å². The summed E-state index contributed by atoms with van der Waals surface area (Å²) < 4.78 is 5.72. The number of nitro groups is 1. The highest BCUT2D eigenvalue weighted by Crippen LogP contribution is 2.24. The number of nitrogens with zero attached hydrogens (tertiary/aromatic N) is 1. The largest absolute Gasteiger partial charge is 0.457 e. The van der Waals surface area contributed by atoms with Crippen molar-refractivity contribution in [1.29, 1.82) is 0 Å². The predicted molar refractivity (Wildman–Crippen MR) is 113 cm³/mol. The highest BCUT2D eigenvalue weighted by Gasteiger charge is 2.08. The molecule has 0 saturated heterocycles. The average Bonchev–Trinajstić information content (AvgIpc) is 2.70. The molecule has 3 rings (SSSR count). The van der Waals surface area contributed by atoms with Gasteiger partial charge in [-0.05, 0) is 54.6 Å². The van der Waals surface area contributed by atoms with Gasteiger partial charge in [-0.3, -0.25) is 14.9 Å². The molecule has 3 N–H and O–H groups in total. The normalized spacial score (nSPS) is 10.0. The third kappa shape index (κ3) is 5.80. The molecule has 152 valence electrons. The molecule has 0 saturated carbocycles. The van der Waals surface area contributed by atoms with Gasteiger partial charge in [0.05, 0.1) is 4.92 Å². The maximum atomic E-state index is 12.1. The molecule has 0 heterocycles. The Kier molecular flexibility index (Phi) is 6.23. The van der Waals surface area contributed by atoms with Crippen LogP contribution < -0.4 is 20.7 Å². The maximum absolute atomic E-state index is 12.1. The molecule has 9 heteroatoms. The Balaban J connectivity index is 1.56. The molecule has 0 spiro atoms. The molecule has 0 atom stereocenters. The summed E-state index contributed by atoms with van der Waals surface area (Å²) >= 11 is 0. The summed E-state index contributed by atoms with van der Waals surface area (Å²) in [6, 6.07) is 18.7. The van der Waals surface area contributed by atoms with Crippen molar-refractivity contribution in [1.82, 2.24) is 0 Å². The first-order valence-corrected chi connectivity index (χ1v) is 8.87. The monoisotopic (exact) mass is 406 g/mol. The Bertz CT molecular complexity index is 1070. The van der Waals surface area contributed by atoms with E-state index in [-0.39, 0.29) is 11.6 Å². The van der Waals surface area contributed by atoms with Crippen LogP contribution in [0.5, 0.6) is 11.5 Å². The van der Waals surface area contributed by atoms with Crippen LogP contribution in [0, 0.1) is 10.1 Å². The van der Waals surface area contributed by atoms with Crippen molar-refractivity contribution in [2.45, 2.75) is 6.92 Å². The van der Waals surface area contributed by atoms with Crippen LogP contribution in [-0.2, 0) is 4.79 Å². The van der Waals surface area contributed by atoms with Gasteiger partial charge in [0.25, 0.3) is 5.69 Å².